The molecule has 0 aromatic heterocycles. The van der Waals surface area contributed by atoms with Gasteiger partial charge in [0.25, 0.3) is 0 Å². The molecule has 2 heteroatoms. The maximum absolute atomic E-state index is 3.65. The summed E-state index contributed by atoms with van der Waals surface area (Å²) in [7, 11) is 0. The Morgan fingerprint density at radius 3 is 2.59 bits per heavy atom. The third-order valence-corrected chi connectivity index (χ3v) is 4.26. The van der Waals surface area contributed by atoms with Crippen LogP contribution in [0.25, 0.3) is 0 Å². The molecule has 0 radical (unpaired) electrons. The largest absolute Gasteiger partial charge is 0.313 e. The van der Waals surface area contributed by atoms with Gasteiger partial charge < -0.3 is 5.32 Å². The summed E-state index contributed by atoms with van der Waals surface area (Å²) < 4.78 is 0. The highest BCUT2D eigenvalue weighted by Crippen LogP contribution is 2.24. The van der Waals surface area contributed by atoms with Crippen molar-refractivity contribution in [3.8, 4) is 0 Å². The van der Waals surface area contributed by atoms with Gasteiger partial charge in [-0.1, -0.05) is 26.7 Å². The molecule has 0 aliphatic carbocycles. The monoisotopic (exact) mass is 240 g/mol. The van der Waals surface area contributed by atoms with E-state index in [2.05, 4.69) is 37.9 Å². The lowest BCUT2D eigenvalue weighted by Crippen LogP contribution is -2.52. The second-order valence-electron chi connectivity index (χ2n) is 5.66. The summed E-state index contributed by atoms with van der Waals surface area (Å²) in [4.78, 5) is 2.76. The zero-order valence-electron chi connectivity index (χ0n) is 12.3. The fourth-order valence-corrected chi connectivity index (χ4v) is 3.03. The van der Waals surface area contributed by atoms with Crippen LogP contribution in [-0.4, -0.2) is 36.1 Å². The van der Waals surface area contributed by atoms with Crippen molar-refractivity contribution in [2.24, 2.45) is 0 Å². The third-order valence-electron chi connectivity index (χ3n) is 4.26. The summed E-state index contributed by atoms with van der Waals surface area (Å²) in [6.45, 7) is 11.8. The van der Waals surface area contributed by atoms with Crippen LogP contribution in [0, 0.1) is 0 Å². The molecular weight excluding hydrogens is 208 g/mol. The number of nitrogens with one attached hydrogen (secondary N) is 1. The van der Waals surface area contributed by atoms with E-state index in [9.17, 15) is 0 Å². The fourth-order valence-electron chi connectivity index (χ4n) is 3.03. The van der Waals surface area contributed by atoms with Crippen molar-refractivity contribution in [2.45, 2.75) is 84.3 Å². The SMILES string of the molecule is CCCNC(C)C(C)N1CCCCC1CCC. The molecule has 1 heterocycles. The van der Waals surface area contributed by atoms with Crippen LogP contribution in [0.5, 0.6) is 0 Å². The molecule has 1 saturated heterocycles. The highest BCUT2D eigenvalue weighted by molar-refractivity contribution is 4.85. The smallest absolute Gasteiger partial charge is 0.0221 e. The molecule has 1 aliphatic rings. The molecule has 1 rings (SSSR count). The Labute approximate surface area is 108 Å². The van der Waals surface area contributed by atoms with Gasteiger partial charge in [-0.25, -0.2) is 0 Å². The van der Waals surface area contributed by atoms with Gasteiger partial charge in [0.2, 0.25) is 0 Å². The average molecular weight is 240 g/mol. The van der Waals surface area contributed by atoms with E-state index in [1.54, 1.807) is 0 Å². The van der Waals surface area contributed by atoms with Crippen LogP contribution in [0.4, 0.5) is 0 Å². The molecule has 0 saturated carbocycles. The lowest BCUT2D eigenvalue weighted by molar-refractivity contribution is 0.0789. The molecule has 0 bridgehead atoms. The van der Waals surface area contributed by atoms with E-state index in [4.69, 9.17) is 0 Å². The summed E-state index contributed by atoms with van der Waals surface area (Å²) in [5.41, 5.74) is 0. The molecule has 102 valence electrons. The van der Waals surface area contributed by atoms with Crippen LogP contribution < -0.4 is 5.32 Å². The van der Waals surface area contributed by atoms with Crippen LogP contribution in [-0.2, 0) is 0 Å². The van der Waals surface area contributed by atoms with Gasteiger partial charge in [0.1, 0.15) is 0 Å². The normalized spacial score (nSPS) is 25.8. The van der Waals surface area contributed by atoms with Gasteiger partial charge >= 0.3 is 0 Å². The number of piperidine rings is 1. The van der Waals surface area contributed by atoms with E-state index >= 15 is 0 Å². The van der Waals surface area contributed by atoms with E-state index in [0.29, 0.717) is 12.1 Å². The predicted octanol–water partition coefficient (Wildman–Crippen LogP) is 3.42. The molecular formula is C15H32N2. The van der Waals surface area contributed by atoms with Crippen molar-refractivity contribution in [1.82, 2.24) is 10.2 Å². The van der Waals surface area contributed by atoms with Crippen LogP contribution in [0.2, 0.25) is 0 Å². The van der Waals surface area contributed by atoms with E-state index < -0.39 is 0 Å². The van der Waals surface area contributed by atoms with Gasteiger partial charge in [-0.05, 0) is 52.6 Å². The average Bonchev–Trinajstić information content (AvgIpc) is 2.36. The molecule has 0 aromatic carbocycles. The highest BCUT2D eigenvalue weighted by atomic mass is 15.2. The van der Waals surface area contributed by atoms with Crippen LogP contribution >= 0.6 is 0 Å². The first-order chi connectivity index (χ1) is 8.20. The molecule has 0 spiro atoms. The maximum atomic E-state index is 3.65. The minimum atomic E-state index is 0.618. The number of nitrogens with zero attached hydrogens (tertiary/aromatic N) is 1. The summed E-state index contributed by atoms with van der Waals surface area (Å²) in [6, 6.07) is 2.14. The molecule has 2 nitrogen and oxygen atoms in total. The predicted molar refractivity (Wildman–Crippen MR) is 76.5 cm³/mol. The standard InChI is InChI=1S/C15H32N2/c1-5-9-15-10-7-8-12-17(15)14(4)13(3)16-11-6-2/h13-16H,5-12H2,1-4H3. The minimum absolute atomic E-state index is 0.618. The van der Waals surface area contributed by atoms with Crippen LogP contribution in [0.15, 0.2) is 0 Å². The molecule has 3 unspecified atom stereocenters. The van der Waals surface area contributed by atoms with Crippen molar-refractivity contribution in [3.05, 3.63) is 0 Å². The third kappa shape index (κ3) is 4.59. The van der Waals surface area contributed by atoms with E-state index in [-0.39, 0.29) is 0 Å². The first-order valence-corrected chi connectivity index (χ1v) is 7.69. The van der Waals surface area contributed by atoms with E-state index in [1.807, 2.05) is 0 Å². The van der Waals surface area contributed by atoms with E-state index in [0.717, 1.165) is 12.6 Å². The highest BCUT2D eigenvalue weighted by Gasteiger charge is 2.28. The zero-order chi connectivity index (χ0) is 12.7. The Morgan fingerprint density at radius 2 is 1.94 bits per heavy atom. The van der Waals surface area contributed by atoms with Crippen molar-refractivity contribution in [2.75, 3.05) is 13.1 Å². The molecule has 1 aliphatic heterocycles. The Morgan fingerprint density at radius 1 is 1.18 bits per heavy atom. The quantitative estimate of drug-likeness (QED) is 0.733. The van der Waals surface area contributed by atoms with Gasteiger partial charge in [0.05, 0.1) is 0 Å². The van der Waals surface area contributed by atoms with Gasteiger partial charge in [-0.3, -0.25) is 4.90 Å². The second kappa shape index (κ2) is 8.10. The number of hydrogen-bond acceptors (Lipinski definition) is 2. The number of rotatable bonds is 7. The number of hydrogen-bond donors (Lipinski definition) is 1. The second-order valence-corrected chi connectivity index (χ2v) is 5.66. The van der Waals surface area contributed by atoms with Crippen molar-refractivity contribution < 1.29 is 0 Å². The summed E-state index contributed by atoms with van der Waals surface area (Å²) in [5.74, 6) is 0. The Kier molecular flexibility index (Phi) is 7.14. The van der Waals surface area contributed by atoms with Crippen LogP contribution in [0.3, 0.4) is 0 Å². The lowest BCUT2D eigenvalue weighted by Gasteiger charge is -2.42. The van der Waals surface area contributed by atoms with Gasteiger partial charge in [-0.2, -0.15) is 0 Å². The van der Waals surface area contributed by atoms with Gasteiger partial charge in [-0.15, -0.1) is 0 Å². The molecule has 3 atom stereocenters. The van der Waals surface area contributed by atoms with Crippen molar-refractivity contribution in [1.29, 1.82) is 0 Å². The number of likely N-dealkylation sites (tertiary alicyclic amines) is 1. The fraction of sp³-hybridized carbons (Fsp3) is 1.00. The molecule has 0 amide bonds. The Hall–Kier alpha value is -0.0800. The van der Waals surface area contributed by atoms with Gasteiger partial charge in [0, 0.05) is 18.1 Å². The van der Waals surface area contributed by atoms with Gasteiger partial charge in [0.15, 0.2) is 0 Å². The van der Waals surface area contributed by atoms with Crippen LogP contribution in [0.1, 0.15) is 66.2 Å². The minimum Gasteiger partial charge on any atom is -0.313 e. The van der Waals surface area contributed by atoms with Crippen molar-refractivity contribution in [3.63, 3.8) is 0 Å². The molecule has 1 N–H and O–H groups in total. The maximum Gasteiger partial charge on any atom is 0.0221 e. The molecule has 1 fully saturated rings. The Bertz CT molecular complexity index is 191. The summed E-state index contributed by atoms with van der Waals surface area (Å²) >= 11 is 0. The van der Waals surface area contributed by atoms with Crippen molar-refractivity contribution >= 4 is 0 Å². The topological polar surface area (TPSA) is 15.3 Å². The zero-order valence-corrected chi connectivity index (χ0v) is 12.3. The molecule has 17 heavy (non-hydrogen) atoms. The first kappa shape index (κ1) is 15.0. The lowest BCUT2D eigenvalue weighted by atomic mass is 9.95. The van der Waals surface area contributed by atoms with E-state index in [1.165, 1.54) is 45.1 Å². The Balaban J connectivity index is 2.48. The summed E-state index contributed by atoms with van der Waals surface area (Å²) in [5, 5.41) is 3.65. The first-order valence-electron chi connectivity index (χ1n) is 7.69. The summed E-state index contributed by atoms with van der Waals surface area (Å²) in [6.07, 6.45) is 8.18. The molecule has 0 aromatic rings.